The molecule has 0 radical (unpaired) electrons. The standard InChI is InChI=1S/C9H12F2N/c1-12(2,3)9-5-4-7(10)6-8(9)11/h4-6H,1-3H3/q+1. The first-order valence-corrected chi connectivity index (χ1v) is 3.68. The summed E-state index contributed by atoms with van der Waals surface area (Å²) in [5, 5.41) is 0. The molecule has 0 unspecified atom stereocenters. The lowest BCUT2D eigenvalue weighted by atomic mass is 10.2. The molecule has 0 saturated carbocycles. The number of benzene rings is 1. The molecule has 0 amide bonds. The van der Waals surface area contributed by atoms with Gasteiger partial charge in [0.2, 0.25) is 0 Å². The van der Waals surface area contributed by atoms with Crippen molar-refractivity contribution in [2.45, 2.75) is 0 Å². The monoisotopic (exact) mass is 172 g/mol. The Bertz CT molecular complexity index is 289. The van der Waals surface area contributed by atoms with Gasteiger partial charge in [0, 0.05) is 12.1 Å². The van der Waals surface area contributed by atoms with Gasteiger partial charge in [-0.1, -0.05) is 0 Å². The van der Waals surface area contributed by atoms with Crippen LogP contribution in [0.2, 0.25) is 0 Å². The second-order valence-electron chi connectivity index (χ2n) is 3.61. The van der Waals surface area contributed by atoms with Crippen molar-refractivity contribution in [3.8, 4) is 0 Å². The lowest BCUT2D eigenvalue weighted by Gasteiger charge is -2.23. The zero-order chi connectivity index (χ0) is 9.35. The van der Waals surface area contributed by atoms with Crippen LogP contribution in [0.5, 0.6) is 0 Å². The molecule has 0 N–H and O–H groups in total. The molecular weight excluding hydrogens is 160 g/mol. The van der Waals surface area contributed by atoms with Gasteiger partial charge in [0.05, 0.1) is 21.1 Å². The average Bonchev–Trinajstić information content (AvgIpc) is 1.83. The highest BCUT2D eigenvalue weighted by atomic mass is 19.1. The van der Waals surface area contributed by atoms with Crippen molar-refractivity contribution < 1.29 is 8.78 Å². The van der Waals surface area contributed by atoms with E-state index in [2.05, 4.69) is 0 Å². The Morgan fingerprint density at radius 2 is 1.67 bits per heavy atom. The maximum atomic E-state index is 13.1. The maximum absolute atomic E-state index is 13.1. The molecule has 0 aromatic heterocycles. The van der Waals surface area contributed by atoms with E-state index in [1.165, 1.54) is 12.1 Å². The van der Waals surface area contributed by atoms with Crippen molar-refractivity contribution in [1.82, 2.24) is 4.48 Å². The van der Waals surface area contributed by atoms with Gasteiger partial charge in [-0.25, -0.2) is 8.78 Å². The summed E-state index contributed by atoms with van der Waals surface area (Å²) < 4.78 is 25.9. The molecule has 0 aliphatic rings. The fourth-order valence-corrected chi connectivity index (χ4v) is 1.03. The van der Waals surface area contributed by atoms with Gasteiger partial charge < -0.3 is 0 Å². The van der Waals surface area contributed by atoms with E-state index < -0.39 is 11.6 Å². The number of rotatable bonds is 1. The Kier molecular flexibility index (Phi) is 2.15. The second-order valence-corrected chi connectivity index (χ2v) is 3.61. The number of nitrogens with zero attached hydrogens (tertiary/aromatic N) is 1. The Morgan fingerprint density at radius 3 is 2.08 bits per heavy atom. The summed E-state index contributed by atoms with van der Waals surface area (Å²) in [6, 6.07) is 3.63. The minimum Gasteiger partial charge on any atom is -0.296 e. The Labute approximate surface area is 70.8 Å². The van der Waals surface area contributed by atoms with Crippen LogP contribution in [0.25, 0.3) is 0 Å². The summed E-state index contributed by atoms with van der Waals surface area (Å²) >= 11 is 0. The van der Waals surface area contributed by atoms with Crippen LogP contribution in [-0.4, -0.2) is 21.1 Å². The van der Waals surface area contributed by atoms with Crippen LogP contribution in [0.1, 0.15) is 0 Å². The molecule has 0 atom stereocenters. The average molecular weight is 172 g/mol. The van der Waals surface area contributed by atoms with E-state index in [9.17, 15) is 8.78 Å². The normalized spacial score (nSPS) is 11.8. The summed E-state index contributed by atoms with van der Waals surface area (Å²) in [5.74, 6) is -1.03. The van der Waals surface area contributed by atoms with Crippen LogP contribution < -0.4 is 4.48 Å². The highest BCUT2D eigenvalue weighted by Gasteiger charge is 2.17. The van der Waals surface area contributed by atoms with E-state index >= 15 is 0 Å². The Morgan fingerprint density at radius 1 is 1.08 bits per heavy atom. The van der Waals surface area contributed by atoms with E-state index in [4.69, 9.17) is 0 Å². The van der Waals surface area contributed by atoms with E-state index in [-0.39, 0.29) is 0 Å². The first-order valence-electron chi connectivity index (χ1n) is 3.68. The zero-order valence-corrected chi connectivity index (χ0v) is 7.44. The molecule has 3 heteroatoms. The molecule has 0 fully saturated rings. The van der Waals surface area contributed by atoms with Gasteiger partial charge in [0.1, 0.15) is 5.82 Å². The van der Waals surface area contributed by atoms with Crippen molar-refractivity contribution in [1.29, 1.82) is 0 Å². The van der Waals surface area contributed by atoms with Crippen molar-refractivity contribution in [2.24, 2.45) is 0 Å². The number of hydrogen-bond donors (Lipinski definition) is 0. The zero-order valence-electron chi connectivity index (χ0n) is 7.44. The molecule has 1 nitrogen and oxygen atoms in total. The lowest BCUT2D eigenvalue weighted by Crippen LogP contribution is -2.35. The van der Waals surface area contributed by atoms with Crippen LogP contribution in [0, 0.1) is 11.6 Å². The van der Waals surface area contributed by atoms with Crippen LogP contribution in [-0.2, 0) is 0 Å². The fourth-order valence-electron chi connectivity index (χ4n) is 1.03. The third-order valence-corrected chi connectivity index (χ3v) is 1.63. The highest BCUT2D eigenvalue weighted by Crippen LogP contribution is 2.21. The minimum atomic E-state index is -0.537. The Hall–Kier alpha value is -0.960. The second kappa shape index (κ2) is 2.83. The first kappa shape index (κ1) is 9.13. The predicted molar refractivity (Wildman–Crippen MR) is 45.9 cm³/mol. The van der Waals surface area contributed by atoms with Gasteiger partial charge in [-0.2, -0.15) is 0 Å². The third kappa shape index (κ3) is 1.80. The molecule has 1 aromatic carbocycles. The van der Waals surface area contributed by atoms with Crippen molar-refractivity contribution in [3.05, 3.63) is 29.8 Å². The van der Waals surface area contributed by atoms with Gasteiger partial charge in [0.25, 0.3) is 0 Å². The molecule has 0 saturated heterocycles. The topological polar surface area (TPSA) is 0 Å². The van der Waals surface area contributed by atoms with Crippen LogP contribution >= 0.6 is 0 Å². The van der Waals surface area contributed by atoms with Gasteiger partial charge >= 0.3 is 0 Å². The number of quaternary nitrogens is 1. The van der Waals surface area contributed by atoms with Gasteiger partial charge in [-0.3, -0.25) is 4.48 Å². The lowest BCUT2D eigenvalue weighted by molar-refractivity contribution is 0.454. The molecule has 0 aliphatic carbocycles. The first-order chi connectivity index (χ1) is 5.41. The molecule has 12 heavy (non-hydrogen) atoms. The van der Waals surface area contributed by atoms with Crippen molar-refractivity contribution >= 4 is 5.69 Å². The van der Waals surface area contributed by atoms with Crippen molar-refractivity contribution in [3.63, 3.8) is 0 Å². The largest absolute Gasteiger partial charge is 0.296 e. The number of hydrogen-bond acceptors (Lipinski definition) is 0. The van der Waals surface area contributed by atoms with E-state index in [0.717, 1.165) is 6.07 Å². The molecule has 66 valence electrons. The van der Waals surface area contributed by atoms with Crippen molar-refractivity contribution in [2.75, 3.05) is 21.1 Å². The van der Waals surface area contributed by atoms with Gasteiger partial charge in [0.15, 0.2) is 11.5 Å². The molecule has 1 rings (SSSR count). The molecule has 1 aromatic rings. The van der Waals surface area contributed by atoms with E-state index in [1.807, 2.05) is 21.1 Å². The molecule has 0 spiro atoms. The van der Waals surface area contributed by atoms with Crippen LogP contribution in [0.4, 0.5) is 14.5 Å². The molecule has 0 heterocycles. The molecule has 0 bridgehead atoms. The maximum Gasteiger partial charge on any atom is 0.186 e. The third-order valence-electron chi connectivity index (χ3n) is 1.63. The Balaban J connectivity index is 3.19. The van der Waals surface area contributed by atoms with Gasteiger partial charge in [-0.15, -0.1) is 0 Å². The summed E-state index contributed by atoms with van der Waals surface area (Å²) in [5.41, 5.74) is 0.483. The minimum absolute atomic E-state index is 0.353. The smallest absolute Gasteiger partial charge is 0.186 e. The molecule has 0 aliphatic heterocycles. The predicted octanol–water partition coefficient (Wildman–Crippen LogP) is 2.16. The summed E-state index contributed by atoms with van der Waals surface area (Å²) in [4.78, 5) is 0. The summed E-state index contributed by atoms with van der Waals surface area (Å²) in [7, 11) is 5.49. The highest BCUT2D eigenvalue weighted by molar-refractivity contribution is 5.42. The quantitative estimate of drug-likeness (QED) is 0.569. The van der Waals surface area contributed by atoms with Crippen LogP contribution in [0.15, 0.2) is 18.2 Å². The fraction of sp³-hybridized carbons (Fsp3) is 0.333. The van der Waals surface area contributed by atoms with Crippen LogP contribution in [0.3, 0.4) is 0 Å². The summed E-state index contributed by atoms with van der Waals surface area (Å²) in [6.07, 6.45) is 0. The SMILES string of the molecule is C[N+](C)(C)c1ccc(F)cc1F. The number of halogens is 2. The summed E-state index contributed by atoms with van der Waals surface area (Å²) in [6.45, 7) is 0. The van der Waals surface area contributed by atoms with Gasteiger partial charge in [-0.05, 0) is 6.07 Å². The van der Waals surface area contributed by atoms with E-state index in [0.29, 0.717) is 10.2 Å². The van der Waals surface area contributed by atoms with E-state index in [1.54, 1.807) is 0 Å². The molecular formula is C9H12F2N+.